The summed E-state index contributed by atoms with van der Waals surface area (Å²) < 4.78 is 4.16. The Morgan fingerprint density at radius 1 is 1.79 bits per heavy atom. The minimum Gasteiger partial charge on any atom is -0.302 e. The molecular weight excluding hydrogens is 220 g/mol. The number of anilines is 1. The number of aromatic nitrogens is 1. The Bertz CT molecular complexity index is 352. The van der Waals surface area contributed by atoms with Crippen molar-refractivity contribution in [2.24, 2.45) is 5.92 Å². The van der Waals surface area contributed by atoms with E-state index in [1.807, 2.05) is 13.0 Å². The first-order chi connectivity index (χ1) is 6.70. The van der Waals surface area contributed by atoms with E-state index in [4.69, 9.17) is 11.6 Å². The molecule has 5 heteroatoms. The minimum atomic E-state index is 0.166. The maximum absolute atomic E-state index is 11.6. The van der Waals surface area contributed by atoms with Crippen molar-refractivity contribution in [3.05, 3.63) is 11.8 Å². The smallest absolute Gasteiger partial charge is 0.228 e. The number of alkyl halides is 1. The Morgan fingerprint density at radius 2 is 2.57 bits per heavy atom. The number of carbonyl (C=O) groups is 1. The van der Waals surface area contributed by atoms with Gasteiger partial charge in [-0.2, -0.15) is 4.37 Å². The minimum absolute atomic E-state index is 0.166. The van der Waals surface area contributed by atoms with Crippen molar-refractivity contribution in [1.29, 1.82) is 0 Å². The Hall–Kier alpha value is -0.610. The molecule has 1 aromatic heterocycles. The van der Waals surface area contributed by atoms with Gasteiger partial charge in [-0.05, 0) is 30.4 Å². The molecule has 0 saturated carbocycles. The van der Waals surface area contributed by atoms with E-state index in [2.05, 4.69) is 4.37 Å². The molecule has 0 radical (unpaired) electrons. The molecule has 1 aliphatic heterocycles. The van der Waals surface area contributed by atoms with Crippen LogP contribution in [0.4, 0.5) is 5.00 Å². The van der Waals surface area contributed by atoms with E-state index in [9.17, 15) is 4.79 Å². The second-order valence-corrected chi connectivity index (χ2v) is 4.63. The number of hydrogen-bond donors (Lipinski definition) is 0. The summed E-state index contributed by atoms with van der Waals surface area (Å²) in [4.78, 5) is 13.4. The van der Waals surface area contributed by atoms with Crippen molar-refractivity contribution >= 4 is 34.0 Å². The van der Waals surface area contributed by atoms with Crippen molar-refractivity contribution in [1.82, 2.24) is 4.37 Å². The van der Waals surface area contributed by atoms with Gasteiger partial charge in [0.2, 0.25) is 5.91 Å². The van der Waals surface area contributed by atoms with Gasteiger partial charge in [0.1, 0.15) is 5.00 Å². The molecule has 3 nitrogen and oxygen atoms in total. The van der Waals surface area contributed by atoms with Crippen molar-refractivity contribution in [2.45, 2.75) is 13.3 Å². The molecule has 2 heterocycles. The van der Waals surface area contributed by atoms with Crippen molar-refractivity contribution < 1.29 is 4.79 Å². The predicted molar refractivity (Wildman–Crippen MR) is 58.0 cm³/mol. The average Bonchev–Trinajstić information content (AvgIpc) is 2.71. The first-order valence-electron chi connectivity index (χ1n) is 4.50. The lowest BCUT2D eigenvalue weighted by atomic mass is 10.2. The maximum Gasteiger partial charge on any atom is 0.228 e. The van der Waals surface area contributed by atoms with Gasteiger partial charge in [-0.3, -0.25) is 4.79 Å². The first-order valence-corrected chi connectivity index (χ1v) is 5.81. The Balaban J connectivity index is 2.16. The monoisotopic (exact) mass is 230 g/mol. The summed E-state index contributed by atoms with van der Waals surface area (Å²) in [6, 6.07) is 1.94. The van der Waals surface area contributed by atoms with Crippen LogP contribution in [0.15, 0.2) is 6.07 Å². The normalized spacial score (nSPS) is 22.0. The van der Waals surface area contributed by atoms with E-state index in [0.717, 1.165) is 17.2 Å². The van der Waals surface area contributed by atoms with E-state index in [1.165, 1.54) is 11.5 Å². The fourth-order valence-corrected chi connectivity index (χ4v) is 2.57. The Kier molecular flexibility index (Phi) is 2.74. The average molecular weight is 231 g/mol. The molecule has 1 amide bonds. The van der Waals surface area contributed by atoms with Gasteiger partial charge in [-0.25, -0.2) is 0 Å². The summed E-state index contributed by atoms with van der Waals surface area (Å²) >= 11 is 7.12. The summed E-state index contributed by atoms with van der Waals surface area (Å²) in [5.74, 6) is 1.02. The fourth-order valence-electron chi connectivity index (χ4n) is 1.58. The van der Waals surface area contributed by atoms with Gasteiger partial charge in [0.15, 0.2) is 0 Å². The second-order valence-electron chi connectivity index (χ2n) is 3.54. The Morgan fingerprint density at radius 3 is 3.07 bits per heavy atom. The summed E-state index contributed by atoms with van der Waals surface area (Å²) in [7, 11) is 0. The van der Waals surface area contributed by atoms with Crippen LogP contribution in [0.25, 0.3) is 0 Å². The van der Waals surface area contributed by atoms with Gasteiger partial charge >= 0.3 is 0 Å². The van der Waals surface area contributed by atoms with Gasteiger partial charge in [0.25, 0.3) is 0 Å². The summed E-state index contributed by atoms with van der Waals surface area (Å²) in [5, 5.41) is 0.945. The van der Waals surface area contributed by atoms with Crippen molar-refractivity contribution in [3.63, 3.8) is 0 Å². The summed E-state index contributed by atoms with van der Waals surface area (Å²) in [6.45, 7) is 2.67. The molecule has 14 heavy (non-hydrogen) atoms. The number of nitrogens with zero attached hydrogens (tertiary/aromatic N) is 2. The zero-order valence-corrected chi connectivity index (χ0v) is 9.44. The Labute approximate surface area is 91.8 Å². The highest BCUT2D eigenvalue weighted by Gasteiger charge is 2.30. The first kappa shape index (κ1) is 9.93. The zero-order chi connectivity index (χ0) is 10.1. The van der Waals surface area contributed by atoms with Crippen LogP contribution in [0.3, 0.4) is 0 Å². The second kappa shape index (κ2) is 3.87. The summed E-state index contributed by atoms with van der Waals surface area (Å²) in [6.07, 6.45) is 0.570. The molecule has 0 N–H and O–H groups in total. The van der Waals surface area contributed by atoms with Gasteiger partial charge in [0.05, 0.1) is 5.69 Å². The maximum atomic E-state index is 11.6. The van der Waals surface area contributed by atoms with Gasteiger partial charge in [-0.15, -0.1) is 11.6 Å². The number of amides is 1. The lowest BCUT2D eigenvalue weighted by Crippen LogP contribution is -2.23. The highest BCUT2D eigenvalue weighted by Crippen LogP contribution is 2.29. The highest BCUT2D eigenvalue weighted by molar-refractivity contribution is 7.10. The SMILES string of the molecule is Cc1cc(N2CC(CCl)CC2=O)sn1. The van der Waals surface area contributed by atoms with Crippen LogP contribution < -0.4 is 4.90 Å². The molecule has 0 aromatic carbocycles. The quantitative estimate of drug-likeness (QED) is 0.729. The van der Waals surface area contributed by atoms with Crippen molar-refractivity contribution in [2.75, 3.05) is 17.3 Å². The summed E-state index contributed by atoms with van der Waals surface area (Å²) in [5.41, 5.74) is 0.965. The molecule has 1 saturated heterocycles. The molecule has 1 atom stereocenters. The predicted octanol–water partition coefficient (Wildman–Crippen LogP) is 2.04. The molecule has 1 fully saturated rings. The molecule has 1 aliphatic rings. The van der Waals surface area contributed by atoms with E-state index >= 15 is 0 Å². The number of carbonyl (C=O) groups excluding carboxylic acids is 1. The molecule has 0 aliphatic carbocycles. The van der Waals surface area contributed by atoms with E-state index in [0.29, 0.717) is 18.2 Å². The third-order valence-corrected chi connectivity index (χ3v) is 3.65. The molecule has 1 aromatic rings. The number of aryl methyl sites for hydroxylation is 1. The van der Waals surface area contributed by atoms with Crippen molar-refractivity contribution in [3.8, 4) is 0 Å². The van der Waals surface area contributed by atoms with Crippen LogP contribution in [-0.2, 0) is 4.79 Å². The molecular formula is C9H11ClN2OS. The van der Waals surface area contributed by atoms with E-state index < -0.39 is 0 Å². The van der Waals surface area contributed by atoms with Crippen LogP contribution in [-0.4, -0.2) is 22.7 Å². The highest BCUT2D eigenvalue weighted by atomic mass is 35.5. The van der Waals surface area contributed by atoms with Gasteiger partial charge in [-0.1, -0.05) is 0 Å². The van der Waals surface area contributed by atoms with Crippen LogP contribution in [0.1, 0.15) is 12.1 Å². The van der Waals surface area contributed by atoms with Gasteiger partial charge in [0, 0.05) is 18.8 Å². The number of halogens is 1. The number of hydrogen-bond acceptors (Lipinski definition) is 3. The molecule has 1 unspecified atom stereocenters. The van der Waals surface area contributed by atoms with Crippen LogP contribution in [0, 0.1) is 12.8 Å². The van der Waals surface area contributed by atoms with E-state index in [-0.39, 0.29) is 5.91 Å². The molecule has 2 rings (SSSR count). The lowest BCUT2D eigenvalue weighted by molar-refractivity contribution is -0.117. The number of rotatable bonds is 2. The largest absolute Gasteiger partial charge is 0.302 e. The third kappa shape index (κ3) is 1.77. The van der Waals surface area contributed by atoms with Crippen LogP contribution >= 0.6 is 23.1 Å². The standard InChI is InChI=1S/C9H11ClN2OS/c1-6-2-9(14-11-6)12-5-7(4-10)3-8(12)13/h2,7H,3-5H2,1H3. The van der Waals surface area contributed by atoms with Crippen LogP contribution in [0.2, 0.25) is 0 Å². The lowest BCUT2D eigenvalue weighted by Gasteiger charge is -2.12. The molecule has 0 bridgehead atoms. The fraction of sp³-hybridized carbons (Fsp3) is 0.556. The van der Waals surface area contributed by atoms with E-state index in [1.54, 1.807) is 4.90 Å². The zero-order valence-electron chi connectivity index (χ0n) is 7.86. The topological polar surface area (TPSA) is 33.2 Å². The van der Waals surface area contributed by atoms with Crippen LogP contribution in [0.5, 0.6) is 0 Å². The molecule has 76 valence electrons. The van der Waals surface area contributed by atoms with Gasteiger partial charge < -0.3 is 4.90 Å². The third-order valence-electron chi connectivity index (χ3n) is 2.30. The molecule has 0 spiro atoms.